The summed E-state index contributed by atoms with van der Waals surface area (Å²) in [6.07, 6.45) is 0.479. The van der Waals surface area contributed by atoms with Crippen molar-refractivity contribution in [3.63, 3.8) is 0 Å². The van der Waals surface area contributed by atoms with Crippen molar-refractivity contribution in [3.05, 3.63) is 11.7 Å². The molecule has 13 heavy (non-hydrogen) atoms. The van der Waals surface area contributed by atoms with Crippen LogP contribution in [0.4, 0.5) is 0 Å². The molecule has 0 saturated carbocycles. The van der Waals surface area contributed by atoms with Crippen molar-refractivity contribution < 1.29 is 4.52 Å². The Kier molecular flexibility index (Phi) is 3.41. The summed E-state index contributed by atoms with van der Waals surface area (Å²) in [7, 11) is 0. The number of aromatic nitrogens is 2. The minimum atomic E-state index is 0.150. The molecule has 1 N–H and O–H groups in total. The lowest BCUT2D eigenvalue weighted by Gasteiger charge is -2.06. The van der Waals surface area contributed by atoms with Crippen LogP contribution in [0.1, 0.15) is 25.1 Å². The molecule has 0 aliphatic carbocycles. The summed E-state index contributed by atoms with van der Waals surface area (Å²) in [5, 5.41) is 15.1. The number of nitriles is 1. The Morgan fingerprint density at radius 1 is 1.69 bits per heavy atom. The lowest BCUT2D eigenvalue weighted by atomic mass is 10.2. The van der Waals surface area contributed by atoms with Crippen LogP contribution in [-0.4, -0.2) is 16.2 Å². The molecule has 0 aliphatic rings. The molecule has 1 aromatic heterocycles. The van der Waals surface area contributed by atoms with Gasteiger partial charge >= 0.3 is 0 Å². The Labute approximate surface area is 76.7 Å². The zero-order chi connectivity index (χ0) is 9.68. The first-order valence-electron chi connectivity index (χ1n) is 4.12. The standard InChI is InChI=1S/C8H12N4O/c1-6(3-4-9)10-5-8-11-7(2)12-13-8/h6,10H,3,5H2,1-2H3. The summed E-state index contributed by atoms with van der Waals surface area (Å²) in [6.45, 7) is 4.22. The first-order chi connectivity index (χ1) is 6.22. The van der Waals surface area contributed by atoms with Crippen molar-refractivity contribution in [2.75, 3.05) is 0 Å². The number of nitrogens with zero attached hydrogens (tertiary/aromatic N) is 3. The molecule has 5 heteroatoms. The summed E-state index contributed by atoms with van der Waals surface area (Å²) in [4.78, 5) is 4.02. The number of nitrogens with one attached hydrogen (secondary N) is 1. The maximum Gasteiger partial charge on any atom is 0.240 e. The van der Waals surface area contributed by atoms with Gasteiger partial charge in [-0.1, -0.05) is 5.16 Å². The van der Waals surface area contributed by atoms with Crippen LogP contribution in [0.25, 0.3) is 0 Å². The van der Waals surface area contributed by atoms with Gasteiger partial charge in [0.05, 0.1) is 19.0 Å². The van der Waals surface area contributed by atoms with Crippen molar-refractivity contribution in [1.29, 1.82) is 5.26 Å². The summed E-state index contributed by atoms with van der Waals surface area (Å²) < 4.78 is 4.89. The lowest BCUT2D eigenvalue weighted by Crippen LogP contribution is -2.24. The van der Waals surface area contributed by atoms with Crippen LogP contribution in [0, 0.1) is 18.3 Å². The van der Waals surface area contributed by atoms with Crippen LogP contribution < -0.4 is 5.32 Å². The average Bonchev–Trinajstić information content (AvgIpc) is 2.49. The molecule has 0 saturated heterocycles. The first-order valence-corrected chi connectivity index (χ1v) is 4.12. The second kappa shape index (κ2) is 4.58. The Balaban J connectivity index is 2.31. The van der Waals surface area contributed by atoms with Crippen molar-refractivity contribution in [1.82, 2.24) is 15.5 Å². The van der Waals surface area contributed by atoms with E-state index in [9.17, 15) is 0 Å². The van der Waals surface area contributed by atoms with Gasteiger partial charge in [0, 0.05) is 6.04 Å². The van der Waals surface area contributed by atoms with Gasteiger partial charge in [-0.3, -0.25) is 0 Å². The molecule has 1 atom stereocenters. The maximum atomic E-state index is 8.40. The molecule has 1 heterocycles. The van der Waals surface area contributed by atoms with Crippen LogP contribution in [0.15, 0.2) is 4.52 Å². The van der Waals surface area contributed by atoms with Gasteiger partial charge in [-0.2, -0.15) is 10.2 Å². The van der Waals surface area contributed by atoms with E-state index in [-0.39, 0.29) is 6.04 Å². The van der Waals surface area contributed by atoms with Gasteiger partial charge in [0.2, 0.25) is 5.89 Å². The van der Waals surface area contributed by atoms with E-state index in [2.05, 4.69) is 21.5 Å². The van der Waals surface area contributed by atoms with Gasteiger partial charge in [0.25, 0.3) is 0 Å². The molecule has 0 aliphatic heterocycles. The number of aryl methyl sites for hydroxylation is 1. The average molecular weight is 180 g/mol. The van der Waals surface area contributed by atoms with Crippen LogP contribution in [0.2, 0.25) is 0 Å². The van der Waals surface area contributed by atoms with Gasteiger partial charge in [-0.05, 0) is 13.8 Å². The van der Waals surface area contributed by atoms with E-state index in [1.165, 1.54) is 0 Å². The molecule has 0 radical (unpaired) electrons. The molecule has 1 unspecified atom stereocenters. The zero-order valence-corrected chi connectivity index (χ0v) is 7.74. The smallest absolute Gasteiger partial charge is 0.240 e. The Hall–Kier alpha value is -1.41. The van der Waals surface area contributed by atoms with Crippen molar-refractivity contribution in [2.24, 2.45) is 0 Å². The lowest BCUT2D eigenvalue weighted by molar-refractivity contribution is 0.357. The molecule has 1 rings (SSSR count). The highest BCUT2D eigenvalue weighted by atomic mass is 16.5. The Morgan fingerprint density at radius 2 is 2.46 bits per heavy atom. The van der Waals surface area contributed by atoms with Gasteiger partial charge < -0.3 is 9.84 Å². The third-order valence-electron chi connectivity index (χ3n) is 1.57. The van der Waals surface area contributed by atoms with E-state index in [1.807, 2.05) is 6.92 Å². The topological polar surface area (TPSA) is 74.7 Å². The fourth-order valence-electron chi connectivity index (χ4n) is 0.882. The maximum absolute atomic E-state index is 8.40. The van der Waals surface area contributed by atoms with Crippen molar-refractivity contribution in [2.45, 2.75) is 32.9 Å². The monoisotopic (exact) mass is 180 g/mol. The fourth-order valence-corrected chi connectivity index (χ4v) is 0.882. The molecule has 0 amide bonds. The highest BCUT2D eigenvalue weighted by molar-refractivity contribution is 4.84. The van der Waals surface area contributed by atoms with Gasteiger partial charge in [0.15, 0.2) is 5.82 Å². The largest absolute Gasteiger partial charge is 0.338 e. The molecule has 70 valence electrons. The summed E-state index contributed by atoms with van der Waals surface area (Å²) >= 11 is 0. The predicted molar refractivity (Wildman–Crippen MR) is 45.6 cm³/mol. The second-order valence-corrected chi connectivity index (χ2v) is 2.88. The number of hydrogen-bond donors (Lipinski definition) is 1. The molecular formula is C8H12N4O. The minimum Gasteiger partial charge on any atom is -0.338 e. The molecule has 0 aromatic carbocycles. The molecule has 0 bridgehead atoms. The van der Waals surface area contributed by atoms with Crippen LogP contribution >= 0.6 is 0 Å². The van der Waals surface area contributed by atoms with Crippen molar-refractivity contribution in [3.8, 4) is 6.07 Å². The van der Waals surface area contributed by atoms with E-state index in [1.54, 1.807) is 6.92 Å². The normalized spacial score (nSPS) is 12.4. The number of rotatable bonds is 4. The Bertz CT molecular complexity index is 301. The van der Waals surface area contributed by atoms with Gasteiger partial charge in [0.1, 0.15) is 0 Å². The molecule has 1 aromatic rings. The zero-order valence-electron chi connectivity index (χ0n) is 7.74. The highest BCUT2D eigenvalue weighted by Gasteiger charge is 2.04. The third-order valence-corrected chi connectivity index (χ3v) is 1.57. The quantitative estimate of drug-likeness (QED) is 0.740. The van der Waals surface area contributed by atoms with Crippen LogP contribution in [-0.2, 0) is 6.54 Å². The molecule has 0 spiro atoms. The summed E-state index contributed by atoms with van der Waals surface area (Å²) in [5.41, 5.74) is 0. The molecule has 0 fully saturated rings. The van der Waals surface area contributed by atoms with Gasteiger partial charge in [-0.25, -0.2) is 0 Å². The summed E-state index contributed by atoms with van der Waals surface area (Å²) in [5.74, 6) is 1.19. The first kappa shape index (κ1) is 9.68. The van der Waals surface area contributed by atoms with E-state index in [0.29, 0.717) is 24.7 Å². The predicted octanol–water partition coefficient (Wildman–Crippen LogP) is 0.770. The van der Waals surface area contributed by atoms with E-state index in [0.717, 1.165) is 0 Å². The SMILES string of the molecule is Cc1noc(CNC(C)CC#N)n1. The van der Waals surface area contributed by atoms with E-state index >= 15 is 0 Å². The minimum absolute atomic E-state index is 0.150. The fraction of sp³-hybridized carbons (Fsp3) is 0.625. The van der Waals surface area contributed by atoms with Crippen LogP contribution in [0.5, 0.6) is 0 Å². The van der Waals surface area contributed by atoms with Crippen molar-refractivity contribution >= 4 is 0 Å². The molecular weight excluding hydrogens is 168 g/mol. The molecule has 5 nitrogen and oxygen atoms in total. The third kappa shape index (κ3) is 3.22. The second-order valence-electron chi connectivity index (χ2n) is 2.88. The van der Waals surface area contributed by atoms with Gasteiger partial charge in [-0.15, -0.1) is 0 Å². The summed E-state index contributed by atoms with van der Waals surface area (Å²) in [6, 6.07) is 2.23. The number of hydrogen-bond acceptors (Lipinski definition) is 5. The van der Waals surface area contributed by atoms with Crippen LogP contribution in [0.3, 0.4) is 0 Å². The Morgan fingerprint density at radius 3 is 3.00 bits per heavy atom. The van der Waals surface area contributed by atoms with E-state index in [4.69, 9.17) is 9.78 Å². The highest BCUT2D eigenvalue weighted by Crippen LogP contribution is 1.96. The van der Waals surface area contributed by atoms with E-state index < -0.39 is 0 Å².